The molecule has 1 aromatic carbocycles. The van der Waals surface area contributed by atoms with Crippen LogP contribution in [0.2, 0.25) is 0 Å². The molecular weight excluding hydrogens is 281 g/mol. The van der Waals surface area contributed by atoms with Crippen LogP contribution < -0.4 is 0 Å². The van der Waals surface area contributed by atoms with Gasteiger partial charge in [0.2, 0.25) is 0 Å². The molecule has 1 N–H and O–H groups in total. The quantitative estimate of drug-likeness (QED) is 0.892. The number of aliphatic hydroxyl groups excluding tert-OH is 1. The van der Waals surface area contributed by atoms with Crippen LogP contribution in [0.4, 0.5) is 4.39 Å². The molecule has 5 heteroatoms. The maximum absolute atomic E-state index is 13.9. The first-order valence-electron chi connectivity index (χ1n) is 7.82. The number of nitrogens with zero attached hydrogens (tertiary/aromatic N) is 3. The normalized spacial score (nSPS) is 12.5. The highest BCUT2D eigenvalue weighted by Crippen LogP contribution is 2.22. The van der Waals surface area contributed by atoms with Gasteiger partial charge in [-0.1, -0.05) is 26.8 Å². The molecule has 0 spiro atoms. The van der Waals surface area contributed by atoms with Gasteiger partial charge >= 0.3 is 0 Å². The number of benzene rings is 1. The fraction of sp³-hybridized carbons (Fsp3) is 0.588. The number of aryl methyl sites for hydroxylation is 1. The number of fused-ring (bicyclic) bond motifs is 1. The zero-order chi connectivity index (χ0) is 16.3. The average Bonchev–Trinajstić information content (AvgIpc) is 2.76. The minimum atomic E-state index is -0.282. The number of hydrogen-bond donors (Lipinski definition) is 1. The Morgan fingerprint density at radius 3 is 2.64 bits per heavy atom. The van der Waals surface area contributed by atoms with E-state index in [0.29, 0.717) is 18.6 Å². The minimum absolute atomic E-state index is 0.108. The molecular formula is C17H26FN3O. The van der Waals surface area contributed by atoms with Crippen molar-refractivity contribution in [3.8, 4) is 0 Å². The average molecular weight is 307 g/mol. The summed E-state index contributed by atoms with van der Waals surface area (Å²) in [5.41, 5.74) is 1.39. The lowest BCUT2D eigenvalue weighted by Gasteiger charge is -2.29. The van der Waals surface area contributed by atoms with Gasteiger partial charge < -0.3 is 9.67 Å². The zero-order valence-electron chi connectivity index (χ0n) is 13.9. The van der Waals surface area contributed by atoms with Crippen LogP contribution in [0.15, 0.2) is 18.2 Å². The standard InChI is InChI=1S/C17H26FN3O/c1-5-21-14-8-6-7-13(18)16(14)19-15(21)11-20(9-10-22)12-17(2,3)4/h6-8,22H,5,9-12H2,1-4H3. The first kappa shape index (κ1) is 16.9. The van der Waals surface area contributed by atoms with Crippen LogP contribution in [0.5, 0.6) is 0 Å². The van der Waals surface area contributed by atoms with Crippen molar-refractivity contribution < 1.29 is 9.50 Å². The number of aliphatic hydroxyl groups is 1. The largest absolute Gasteiger partial charge is 0.395 e. The molecule has 0 bridgehead atoms. The number of imidazole rings is 1. The van der Waals surface area contributed by atoms with Crippen molar-refractivity contribution in [2.24, 2.45) is 5.41 Å². The molecule has 0 atom stereocenters. The van der Waals surface area contributed by atoms with Gasteiger partial charge in [0.1, 0.15) is 11.3 Å². The first-order chi connectivity index (χ1) is 10.4. The Morgan fingerprint density at radius 2 is 2.05 bits per heavy atom. The highest BCUT2D eigenvalue weighted by Gasteiger charge is 2.20. The zero-order valence-corrected chi connectivity index (χ0v) is 13.9. The Morgan fingerprint density at radius 1 is 1.32 bits per heavy atom. The highest BCUT2D eigenvalue weighted by molar-refractivity contribution is 5.76. The molecule has 122 valence electrons. The molecule has 4 nitrogen and oxygen atoms in total. The Kier molecular flexibility index (Phi) is 5.19. The van der Waals surface area contributed by atoms with E-state index in [1.54, 1.807) is 6.07 Å². The van der Waals surface area contributed by atoms with E-state index in [0.717, 1.165) is 24.4 Å². The maximum atomic E-state index is 13.9. The van der Waals surface area contributed by atoms with Crippen LogP contribution >= 0.6 is 0 Å². The van der Waals surface area contributed by atoms with Crippen molar-refractivity contribution in [1.82, 2.24) is 14.5 Å². The lowest BCUT2D eigenvalue weighted by Crippen LogP contribution is -2.35. The third-order valence-electron chi connectivity index (χ3n) is 3.60. The van der Waals surface area contributed by atoms with Crippen molar-refractivity contribution in [2.75, 3.05) is 19.7 Å². The van der Waals surface area contributed by atoms with Crippen LogP contribution in [0.1, 0.15) is 33.5 Å². The predicted octanol–water partition coefficient (Wildman–Crippen LogP) is 3.04. The third-order valence-corrected chi connectivity index (χ3v) is 3.60. The molecule has 0 amide bonds. The van der Waals surface area contributed by atoms with E-state index in [4.69, 9.17) is 0 Å². The summed E-state index contributed by atoms with van der Waals surface area (Å²) < 4.78 is 16.0. The summed E-state index contributed by atoms with van der Waals surface area (Å²) in [7, 11) is 0. The summed E-state index contributed by atoms with van der Waals surface area (Å²) in [5.74, 6) is 0.566. The van der Waals surface area contributed by atoms with Gasteiger partial charge in [-0.3, -0.25) is 4.90 Å². The van der Waals surface area contributed by atoms with Crippen LogP contribution in [0.25, 0.3) is 11.0 Å². The van der Waals surface area contributed by atoms with Crippen molar-refractivity contribution in [3.63, 3.8) is 0 Å². The van der Waals surface area contributed by atoms with E-state index in [9.17, 15) is 9.50 Å². The van der Waals surface area contributed by atoms with Crippen molar-refractivity contribution in [3.05, 3.63) is 29.8 Å². The number of rotatable bonds is 6. The van der Waals surface area contributed by atoms with E-state index in [-0.39, 0.29) is 17.8 Å². The predicted molar refractivity (Wildman–Crippen MR) is 87.2 cm³/mol. The van der Waals surface area contributed by atoms with Crippen molar-refractivity contribution >= 4 is 11.0 Å². The van der Waals surface area contributed by atoms with Crippen LogP contribution in [-0.2, 0) is 13.1 Å². The summed E-state index contributed by atoms with van der Waals surface area (Å²) in [4.78, 5) is 6.67. The monoisotopic (exact) mass is 307 g/mol. The van der Waals surface area contributed by atoms with E-state index < -0.39 is 0 Å². The molecule has 1 aromatic heterocycles. The molecule has 0 unspecified atom stereocenters. The van der Waals surface area contributed by atoms with Gasteiger partial charge in [0, 0.05) is 19.6 Å². The molecule has 0 fully saturated rings. The van der Waals surface area contributed by atoms with Gasteiger partial charge in [-0.2, -0.15) is 0 Å². The number of para-hydroxylation sites is 1. The van der Waals surface area contributed by atoms with E-state index in [1.165, 1.54) is 6.07 Å². The lowest BCUT2D eigenvalue weighted by molar-refractivity contribution is 0.142. The molecule has 0 saturated carbocycles. The molecule has 0 radical (unpaired) electrons. The highest BCUT2D eigenvalue weighted by atomic mass is 19.1. The van der Waals surface area contributed by atoms with Gasteiger partial charge in [-0.05, 0) is 24.5 Å². The molecule has 0 saturated heterocycles. The summed E-state index contributed by atoms with van der Waals surface area (Å²) >= 11 is 0. The Hall–Kier alpha value is -1.46. The SMILES string of the molecule is CCn1c(CN(CCO)CC(C)(C)C)nc2c(F)cccc21. The summed E-state index contributed by atoms with van der Waals surface area (Å²) in [6.45, 7) is 11.4. The minimum Gasteiger partial charge on any atom is -0.395 e. The lowest BCUT2D eigenvalue weighted by atomic mass is 9.96. The summed E-state index contributed by atoms with van der Waals surface area (Å²) in [5, 5.41) is 9.29. The number of halogens is 1. The van der Waals surface area contributed by atoms with Gasteiger partial charge in [-0.25, -0.2) is 9.37 Å². The number of aromatic nitrogens is 2. The second kappa shape index (κ2) is 6.75. The van der Waals surface area contributed by atoms with Crippen LogP contribution in [-0.4, -0.2) is 39.3 Å². The fourth-order valence-electron chi connectivity index (χ4n) is 2.86. The Bertz CT molecular complexity index is 631. The Labute approximate surface area is 131 Å². The van der Waals surface area contributed by atoms with Gasteiger partial charge in [0.15, 0.2) is 5.82 Å². The third kappa shape index (κ3) is 3.84. The Balaban J connectivity index is 2.34. The van der Waals surface area contributed by atoms with E-state index in [2.05, 4.69) is 30.7 Å². The second-order valence-corrected chi connectivity index (χ2v) is 6.87. The fourth-order valence-corrected chi connectivity index (χ4v) is 2.86. The summed E-state index contributed by atoms with van der Waals surface area (Å²) in [6, 6.07) is 5.06. The van der Waals surface area contributed by atoms with Gasteiger partial charge in [0.05, 0.1) is 18.7 Å². The van der Waals surface area contributed by atoms with E-state index >= 15 is 0 Å². The van der Waals surface area contributed by atoms with E-state index in [1.807, 2.05) is 17.6 Å². The second-order valence-electron chi connectivity index (χ2n) is 6.87. The molecule has 2 rings (SSSR count). The smallest absolute Gasteiger partial charge is 0.151 e. The molecule has 0 aliphatic carbocycles. The van der Waals surface area contributed by atoms with Gasteiger partial charge in [-0.15, -0.1) is 0 Å². The maximum Gasteiger partial charge on any atom is 0.151 e. The topological polar surface area (TPSA) is 41.3 Å². The number of hydrogen-bond acceptors (Lipinski definition) is 3. The molecule has 22 heavy (non-hydrogen) atoms. The molecule has 0 aliphatic rings. The molecule has 0 aliphatic heterocycles. The van der Waals surface area contributed by atoms with Crippen LogP contribution in [0.3, 0.4) is 0 Å². The first-order valence-corrected chi connectivity index (χ1v) is 7.82. The van der Waals surface area contributed by atoms with Crippen molar-refractivity contribution in [2.45, 2.75) is 40.8 Å². The van der Waals surface area contributed by atoms with Crippen LogP contribution in [0, 0.1) is 11.2 Å². The molecule has 1 heterocycles. The van der Waals surface area contributed by atoms with Gasteiger partial charge in [0.25, 0.3) is 0 Å². The summed E-state index contributed by atoms with van der Waals surface area (Å²) in [6.07, 6.45) is 0. The molecule has 2 aromatic rings. The van der Waals surface area contributed by atoms with Crippen molar-refractivity contribution in [1.29, 1.82) is 0 Å².